The zero-order chi connectivity index (χ0) is 20.8. The molecule has 3 rings (SSSR count). The summed E-state index contributed by atoms with van der Waals surface area (Å²) in [5, 5.41) is 7.23. The Morgan fingerprint density at radius 2 is 1.90 bits per heavy atom. The van der Waals surface area contributed by atoms with E-state index in [9.17, 15) is 9.59 Å². The summed E-state index contributed by atoms with van der Waals surface area (Å²) in [5.41, 5.74) is 4.56. The number of para-hydroxylation sites is 1. The highest BCUT2D eigenvalue weighted by atomic mass is 16.5. The second-order valence-corrected chi connectivity index (χ2v) is 6.94. The van der Waals surface area contributed by atoms with Gasteiger partial charge in [0.05, 0.1) is 12.8 Å². The number of carbonyl (C=O) groups is 1. The van der Waals surface area contributed by atoms with E-state index in [-0.39, 0.29) is 18.0 Å². The molecule has 0 atom stereocenters. The minimum absolute atomic E-state index is 0.122. The van der Waals surface area contributed by atoms with Crippen LogP contribution in [0.3, 0.4) is 0 Å². The number of hydrogen-bond acceptors (Lipinski definition) is 4. The molecule has 0 fully saturated rings. The highest BCUT2D eigenvalue weighted by Gasteiger charge is 2.10. The number of ether oxygens (including phenoxy) is 1. The molecule has 0 unspecified atom stereocenters. The van der Waals surface area contributed by atoms with E-state index >= 15 is 0 Å². The van der Waals surface area contributed by atoms with Crippen LogP contribution >= 0.6 is 0 Å². The number of aromatic nitrogens is 2. The average Bonchev–Trinajstić information content (AvgIpc) is 2.70. The van der Waals surface area contributed by atoms with Crippen molar-refractivity contribution >= 4 is 5.91 Å². The number of nitrogens with zero attached hydrogens (tertiary/aromatic N) is 2. The molecule has 0 aliphatic rings. The lowest BCUT2D eigenvalue weighted by Gasteiger charge is -2.11. The molecule has 0 aliphatic heterocycles. The summed E-state index contributed by atoms with van der Waals surface area (Å²) in [7, 11) is 1.62. The topological polar surface area (TPSA) is 73.2 Å². The molecule has 0 radical (unpaired) electrons. The van der Waals surface area contributed by atoms with Crippen molar-refractivity contribution in [3.05, 3.63) is 81.6 Å². The Bertz CT molecular complexity index is 1070. The predicted molar refractivity (Wildman–Crippen MR) is 113 cm³/mol. The Balaban J connectivity index is 1.66. The van der Waals surface area contributed by atoms with Crippen LogP contribution < -0.4 is 15.6 Å². The number of rotatable bonds is 7. The third-order valence-electron chi connectivity index (χ3n) is 4.73. The summed E-state index contributed by atoms with van der Waals surface area (Å²) in [5.74, 6) is 0.535. The van der Waals surface area contributed by atoms with Crippen LogP contribution in [0.2, 0.25) is 0 Å². The van der Waals surface area contributed by atoms with E-state index in [0.29, 0.717) is 18.7 Å². The summed E-state index contributed by atoms with van der Waals surface area (Å²) in [6.45, 7) is 4.36. The van der Waals surface area contributed by atoms with E-state index in [1.165, 1.54) is 10.7 Å². The second-order valence-electron chi connectivity index (χ2n) is 6.94. The van der Waals surface area contributed by atoms with Gasteiger partial charge >= 0.3 is 0 Å². The number of hydrogen-bond donors (Lipinski definition) is 1. The molecule has 2 aromatic carbocycles. The summed E-state index contributed by atoms with van der Waals surface area (Å²) < 4.78 is 6.52. The lowest BCUT2D eigenvalue weighted by molar-refractivity contribution is -0.121. The smallest absolute Gasteiger partial charge is 0.267 e. The molecule has 0 saturated heterocycles. The summed E-state index contributed by atoms with van der Waals surface area (Å²) in [6.07, 6.45) is 0.640. The van der Waals surface area contributed by atoms with Crippen LogP contribution in [0.1, 0.15) is 16.7 Å². The van der Waals surface area contributed by atoms with Crippen LogP contribution in [0.4, 0.5) is 0 Å². The normalized spacial score (nSPS) is 10.6. The number of amides is 1. The average molecular weight is 391 g/mol. The monoisotopic (exact) mass is 391 g/mol. The third kappa shape index (κ3) is 5.10. The van der Waals surface area contributed by atoms with E-state index < -0.39 is 0 Å². The lowest BCUT2D eigenvalue weighted by atomic mass is 10.0. The molecule has 6 nitrogen and oxygen atoms in total. The highest BCUT2D eigenvalue weighted by Crippen LogP contribution is 2.21. The number of methoxy groups -OCH3 is 1. The molecule has 0 saturated carbocycles. The molecule has 0 spiro atoms. The van der Waals surface area contributed by atoms with Crippen molar-refractivity contribution in [3.8, 4) is 17.0 Å². The first-order chi connectivity index (χ1) is 14.0. The lowest BCUT2D eigenvalue weighted by Crippen LogP contribution is -2.34. The summed E-state index contributed by atoms with van der Waals surface area (Å²) in [4.78, 5) is 24.5. The van der Waals surface area contributed by atoms with Gasteiger partial charge in [0.25, 0.3) is 5.56 Å². The van der Waals surface area contributed by atoms with Gasteiger partial charge in [0.15, 0.2) is 0 Å². The fraction of sp³-hybridized carbons (Fsp3) is 0.261. The van der Waals surface area contributed by atoms with Gasteiger partial charge in [-0.05, 0) is 43.5 Å². The fourth-order valence-corrected chi connectivity index (χ4v) is 3.24. The van der Waals surface area contributed by atoms with Crippen LogP contribution in [0.5, 0.6) is 5.75 Å². The van der Waals surface area contributed by atoms with Crippen molar-refractivity contribution in [2.75, 3.05) is 13.7 Å². The first kappa shape index (κ1) is 20.3. The van der Waals surface area contributed by atoms with Gasteiger partial charge in [-0.15, -0.1) is 0 Å². The molecule has 1 aromatic heterocycles. The molecule has 3 aromatic rings. The molecule has 1 heterocycles. The van der Waals surface area contributed by atoms with E-state index in [4.69, 9.17) is 4.74 Å². The van der Waals surface area contributed by atoms with E-state index in [1.54, 1.807) is 13.2 Å². The zero-order valence-electron chi connectivity index (χ0n) is 16.9. The Hall–Kier alpha value is -3.41. The Labute approximate surface area is 170 Å². The molecule has 0 bridgehead atoms. The Morgan fingerprint density at radius 1 is 1.10 bits per heavy atom. The SMILES string of the molecule is COc1ccccc1CCNC(=O)Cn1nc(-c2ccc(C)cc2C)ccc1=O. The number of carbonyl (C=O) groups excluding carboxylic acids is 1. The number of benzene rings is 2. The van der Waals surface area contributed by atoms with Gasteiger partial charge in [0.1, 0.15) is 12.3 Å². The van der Waals surface area contributed by atoms with Crippen molar-refractivity contribution < 1.29 is 9.53 Å². The summed E-state index contributed by atoms with van der Waals surface area (Å²) >= 11 is 0. The van der Waals surface area contributed by atoms with Crippen molar-refractivity contribution in [3.63, 3.8) is 0 Å². The summed E-state index contributed by atoms with van der Waals surface area (Å²) in [6, 6.07) is 16.9. The molecule has 6 heteroatoms. The van der Waals surface area contributed by atoms with Crippen molar-refractivity contribution in [1.82, 2.24) is 15.1 Å². The highest BCUT2D eigenvalue weighted by molar-refractivity contribution is 5.75. The van der Waals surface area contributed by atoms with Gasteiger partial charge in [-0.3, -0.25) is 9.59 Å². The Kier molecular flexibility index (Phi) is 6.44. The first-order valence-corrected chi connectivity index (χ1v) is 9.52. The van der Waals surface area contributed by atoms with Gasteiger partial charge in [-0.2, -0.15) is 5.10 Å². The maximum absolute atomic E-state index is 12.3. The predicted octanol–water partition coefficient (Wildman–Crippen LogP) is 2.89. The van der Waals surface area contributed by atoms with Crippen LogP contribution in [0.15, 0.2) is 59.4 Å². The maximum atomic E-state index is 12.3. The molecular weight excluding hydrogens is 366 g/mol. The van der Waals surface area contributed by atoms with E-state index in [2.05, 4.69) is 16.5 Å². The molecule has 1 amide bonds. The van der Waals surface area contributed by atoms with Gasteiger partial charge in [0.2, 0.25) is 5.91 Å². The molecule has 29 heavy (non-hydrogen) atoms. The minimum atomic E-state index is -0.307. The standard InChI is InChI=1S/C23H25N3O3/c1-16-8-9-19(17(2)14-16)20-10-11-23(28)26(25-20)15-22(27)24-13-12-18-6-4-5-7-21(18)29-3/h4-11,14H,12-13,15H2,1-3H3,(H,24,27). The van der Waals surface area contributed by atoms with Crippen LogP contribution in [-0.2, 0) is 17.8 Å². The van der Waals surface area contributed by atoms with Crippen LogP contribution in [0.25, 0.3) is 11.3 Å². The quantitative estimate of drug-likeness (QED) is 0.672. The van der Waals surface area contributed by atoms with Crippen LogP contribution in [-0.4, -0.2) is 29.3 Å². The Morgan fingerprint density at radius 3 is 2.66 bits per heavy atom. The van der Waals surface area contributed by atoms with Gasteiger partial charge in [0, 0.05) is 18.2 Å². The fourth-order valence-electron chi connectivity index (χ4n) is 3.24. The second kappa shape index (κ2) is 9.19. The van der Waals surface area contributed by atoms with Crippen LogP contribution in [0, 0.1) is 13.8 Å². The van der Waals surface area contributed by atoms with Crippen molar-refractivity contribution in [2.24, 2.45) is 0 Å². The van der Waals surface area contributed by atoms with Gasteiger partial charge in [-0.1, -0.05) is 42.0 Å². The minimum Gasteiger partial charge on any atom is -0.496 e. The maximum Gasteiger partial charge on any atom is 0.267 e. The molecule has 1 N–H and O–H groups in total. The zero-order valence-corrected chi connectivity index (χ0v) is 16.9. The van der Waals surface area contributed by atoms with E-state index in [0.717, 1.165) is 28.0 Å². The largest absolute Gasteiger partial charge is 0.496 e. The van der Waals surface area contributed by atoms with E-state index in [1.807, 2.05) is 50.2 Å². The van der Waals surface area contributed by atoms with Crippen molar-refractivity contribution in [2.45, 2.75) is 26.8 Å². The molecule has 150 valence electrons. The van der Waals surface area contributed by atoms with Crippen molar-refractivity contribution in [1.29, 1.82) is 0 Å². The number of aryl methyl sites for hydroxylation is 2. The van der Waals surface area contributed by atoms with Gasteiger partial charge < -0.3 is 10.1 Å². The molecular formula is C23H25N3O3. The molecule has 0 aliphatic carbocycles. The third-order valence-corrected chi connectivity index (χ3v) is 4.73. The van der Waals surface area contributed by atoms with Gasteiger partial charge in [-0.25, -0.2) is 4.68 Å². The first-order valence-electron chi connectivity index (χ1n) is 9.52. The number of nitrogens with one attached hydrogen (secondary N) is 1.